The summed E-state index contributed by atoms with van der Waals surface area (Å²) in [4.78, 5) is 26.5. The fourth-order valence-electron chi connectivity index (χ4n) is 2.63. The summed E-state index contributed by atoms with van der Waals surface area (Å²) in [5.74, 6) is -0.554. The van der Waals surface area contributed by atoms with Gasteiger partial charge in [0.15, 0.2) is 5.11 Å². The largest absolute Gasteiger partial charge is 0.298 e. The standard InChI is InChI=1S/C20H17ClN2O2S/c1-12(2)14-5-3-13(4-6-14)11-17-18(24)22-20(26)23(19(17)25)16-9-7-15(21)8-10-16/h3-12H,1-2H3,(H,22,24,26). The molecule has 0 radical (unpaired) electrons. The molecule has 2 aromatic carbocycles. The van der Waals surface area contributed by atoms with Crippen LogP contribution in [0.25, 0.3) is 6.08 Å². The Kier molecular flexibility index (Phi) is 5.20. The van der Waals surface area contributed by atoms with Gasteiger partial charge < -0.3 is 0 Å². The Labute approximate surface area is 162 Å². The van der Waals surface area contributed by atoms with E-state index in [1.807, 2.05) is 24.3 Å². The zero-order valence-electron chi connectivity index (χ0n) is 14.3. The van der Waals surface area contributed by atoms with Crippen molar-refractivity contribution in [3.05, 3.63) is 70.3 Å². The van der Waals surface area contributed by atoms with Crippen molar-refractivity contribution in [3.63, 3.8) is 0 Å². The zero-order chi connectivity index (χ0) is 18.8. The van der Waals surface area contributed by atoms with E-state index in [1.165, 1.54) is 10.5 Å². The smallest absolute Gasteiger partial charge is 0.270 e. The summed E-state index contributed by atoms with van der Waals surface area (Å²) < 4.78 is 0. The first-order valence-corrected chi connectivity index (χ1v) is 8.92. The summed E-state index contributed by atoms with van der Waals surface area (Å²) in [5.41, 5.74) is 2.55. The third-order valence-electron chi connectivity index (χ3n) is 4.10. The Hall–Kier alpha value is -2.50. The van der Waals surface area contributed by atoms with E-state index in [9.17, 15) is 9.59 Å². The van der Waals surface area contributed by atoms with Crippen molar-refractivity contribution >= 4 is 52.5 Å². The molecule has 1 fully saturated rings. The Morgan fingerprint density at radius 2 is 1.65 bits per heavy atom. The second-order valence-corrected chi connectivity index (χ2v) is 7.08. The first-order valence-electron chi connectivity index (χ1n) is 8.14. The summed E-state index contributed by atoms with van der Waals surface area (Å²) in [6.07, 6.45) is 1.58. The van der Waals surface area contributed by atoms with E-state index in [1.54, 1.807) is 30.3 Å². The van der Waals surface area contributed by atoms with Gasteiger partial charge in [-0.3, -0.25) is 19.8 Å². The molecule has 0 aliphatic carbocycles. The van der Waals surface area contributed by atoms with Crippen LogP contribution >= 0.6 is 23.8 Å². The molecule has 0 atom stereocenters. The van der Waals surface area contributed by atoms with E-state index in [2.05, 4.69) is 19.2 Å². The molecule has 132 valence electrons. The van der Waals surface area contributed by atoms with Crippen LogP contribution < -0.4 is 10.2 Å². The Bertz CT molecular complexity index is 902. The minimum absolute atomic E-state index is 0.0332. The number of carbonyl (C=O) groups excluding carboxylic acids is 2. The topological polar surface area (TPSA) is 49.4 Å². The molecule has 1 heterocycles. The number of nitrogens with one attached hydrogen (secondary N) is 1. The van der Waals surface area contributed by atoms with Gasteiger partial charge in [-0.2, -0.15) is 0 Å². The van der Waals surface area contributed by atoms with Gasteiger partial charge in [0.1, 0.15) is 5.57 Å². The molecule has 0 saturated carbocycles. The zero-order valence-corrected chi connectivity index (χ0v) is 15.9. The van der Waals surface area contributed by atoms with Crippen molar-refractivity contribution in [1.82, 2.24) is 5.32 Å². The van der Waals surface area contributed by atoms with Crippen LogP contribution in [-0.4, -0.2) is 16.9 Å². The van der Waals surface area contributed by atoms with E-state index in [0.29, 0.717) is 16.6 Å². The van der Waals surface area contributed by atoms with Crippen molar-refractivity contribution in [2.24, 2.45) is 0 Å². The average molecular weight is 385 g/mol. The number of hydrogen-bond acceptors (Lipinski definition) is 3. The van der Waals surface area contributed by atoms with Crippen LogP contribution in [0.1, 0.15) is 30.9 Å². The lowest BCUT2D eigenvalue weighted by Crippen LogP contribution is -2.54. The van der Waals surface area contributed by atoms with Crippen LogP contribution in [0.2, 0.25) is 5.02 Å². The van der Waals surface area contributed by atoms with Crippen LogP contribution in [0.5, 0.6) is 0 Å². The van der Waals surface area contributed by atoms with Crippen molar-refractivity contribution in [2.45, 2.75) is 19.8 Å². The maximum atomic E-state index is 12.9. The first-order chi connectivity index (χ1) is 12.4. The fourth-order valence-corrected chi connectivity index (χ4v) is 3.03. The monoisotopic (exact) mass is 384 g/mol. The maximum Gasteiger partial charge on any atom is 0.270 e. The lowest BCUT2D eigenvalue weighted by Gasteiger charge is -2.29. The van der Waals surface area contributed by atoms with Gasteiger partial charge in [0.25, 0.3) is 11.8 Å². The Morgan fingerprint density at radius 1 is 1.04 bits per heavy atom. The van der Waals surface area contributed by atoms with Crippen LogP contribution in [0, 0.1) is 0 Å². The molecule has 3 rings (SSSR count). The fraction of sp³-hybridized carbons (Fsp3) is 0.150. The first kappa shape index (κ1) is 18.3. The van der Waals surface area contributed by atoms with Gasteiger partial charge >= 0.3 is 0 Å². The molecule has 1 aliphatic heterocycles. The number of rotatable bonds is 3. The molecule has 0 unspecified atom stereocenters. The molecule has 1 saturated heterocycles. The molecule has 2 amide bonds. The molecule has 6 heteroatoms. The number of anilines is 1. The number of carbonyl (C=O) groups is 2. The summed E-state index contributed by atoms with van der Waals surface area (Å²) in [6.45, 7) is 4.22. The van der Waals surface area contributed by atoms with E-state index in [0.717, 1.165) is 5.56 Å². The second kappa shape index (κ2) is 7.40. The van der Waals surface area contributed by atoms with E-state index < -0.39 is 11.8 Å². The quantitative estimate of drug-likeness (QED) is 0.487. The highest BCUT2D eigenvalue weighted by molar-refractivity contribution is 7.80. The van der Waals surface area contributed by atoms with Crippen molar-refractivity contribution in [1.29, 1.82) is 0 Å². The predicted molar refractivity (Wildman–Crippen MR) is 108 cm³/mol. The third kappa shape index (κ3) is 3.69. The number of benzene rings is 2. The molecular formula is C20H17ClN2O2S. The highest BCUT2D eigenvalue weighted by atomic mass is 35.5. The van der Waals surface area contributed by atoms with Crippen LogP contribution in [-0.2, 0) is 9.59 Å². The van der Waals surface area contributed by atoms with E-state index in [-0.39, 0.29) is 10.7 Å². The van der Waals surface area contributed by atoms with Crippen molar-refractivity contribution < 1.29 is 9.59 Å². The lowest BCUT2D eigenvalue weighted by atomic mass is 10.0. The highest BCUT2D eigenvalue weighted by Gasteiger charge is 2.34. The Balaban J connectivity index is 1.95. The van der Waals surface area contributed by atoms with Gasteiger partial charge in [-0.25, -0.2) is 0 Å². The van der Waals surface area contributed by atoms with Gasteiger partial charge in [-0.05, 0) is 59.6 Å². The number of thiocarbonyl (C=S) groups is 1. The van der Waals surface area contributed by atoms with Crippen LogP contribution in [0.15, 0.2) is 54.1 Å². The molecule has 1 N–H and O–H groups in total. The minimum atomic E-state index is -0.502. The molecular weight excluding hydrogens is 368 g/mol. The molecule has 0 spiro atoms. The van der Waals surface area contributed by atoms with E-state index in [4.69, 9.17) is 23.8 Å². The summed E-state index contributed by atoms with van der Waals surface area (Å²) in [6, 6.07) is 14.4. The minimum Gasteiger partial charge on any atom is -0.298 e. The molecule has 1 aliphatic rings. The van der Waals surface area contributed by atoms with Gasteiger partial charge in [-0.15, -0.1) is 0 Å². The van der Waals surface area contributed by atoms with Crippen molar-refractivity contribution in [2.75, 3.05) is 4.90 Å². The number of hydrogen-bond donors (Lipinski definition) is 1. The Morgan fingerprint density at radius 3 is 2.23 bits per heavy atom. The van der Waals surface area contributed by atoms with Crippen LogP contribution in [0.3, 0.4) is 0 Å². The molecule has 26 heavy (non-hydrogen) atoms. The number of amides is 2. The van der Waals surface area contributed by atoms with E-state index >= 15 is 0 Å². The molecule has 2 aromatic rings. The summed E-state index contributed by atoms with van der Waals surface area (Å²) in [5, 5.41) is 3.17. The SMILES string of the molecule is CC(C)c1ccc(C=C2C(=O)NC(=S)N(c3ccc(Cl)cc3)C2=O)cc1. The second-order valence-electron chi connectivity index (χ2n) is 6.26. The number of nitrogens with zero attached hydrogens (tertiary/aromatic N) is 1. The predicted octanol–water partition coefficient (Wildman–Crippen LogP) is 4.29. The number of halogens is 1. The van der Waals surface area contributed by atoms with Gasteiger partial charge in [0.2, 0.25) is 0 Å². The van der Waals surface area contributed by atoms with Gasteiger partial charge in [0.05, 0.1) is 5.69 Å². The maximum absolute atomic E-state index is 12.9. The van der Waals surface area contributed by atoms with Crippen molar-refractivity contribution in [3.8, 4) is 0 Å². The third-order valence-corrected chi connectivity index (χ3v) is 4.64. The molecule has 0 aromatic heterocycles. The van der Waals surface area contributed by atoms with Gasteiger partial charge in [-0.1, -0.05) is 49.7 Å². The summed E-state index contributed by atoms with van der Waals surface area (Å²) >= 11 is 11.1. The summed E-state index contributed by atoms with van der Waals surface area (Å²) in [7, 11) is 0. The van der Waals surface area contributed by atoms with Gasteiger partial charge in [0, 0.05) is 5.02 Å². The normalized spacial score (nSPS) is 16.4. The lowest BCUT2D eigenvalue weighted by molar-refractivity contribution is -0.122. The average Bonchev–Trinajstić information content (AvgIpc) is 2.60. The van der Waals surface area contributed by atoms with Crippen LogP contribution in [0.4, 0.5) is 5.69 Å². The molecule has 4 nitrogen and oxygen atoms in total. The highest BCUT2D eigenvalue weighted by Crippen LogP contribution is 2.24. The molecule has 0 bridgehead atoms.